The highest BCUT2D eigenvalue weighted by Gasteiger charge is 2.28. The van der Waals surface area contributed by atoms with E-state index in [1.165, 1.54) is 17.7 Å². The number of hydrazine groups is 1. The quantitative estimate of drug-likeness (QED) is 0.626. The van der Waals surface area contributed by atoms with E-state index in [0.29, 0.717) is 12.0 Å². The molecule has 0 bridgehead atoms. The molecule has 8 heteroatoms. The molecule has 0 spiro atoms. The molecule has 0 radical (unpaired) electrons. The predicted octanol–water partition coefficient (Wildman–Crippen LogP) is 4.19. The summed E-state index contributed by atoms with van der Waals surface area (Å²) in [7, 11) is 6.06. The molecule has 0 saturated carbocycles. The molecule has 32 heavy (non-hydrogen) atoms. The van der Waals surface area contributed by atoms with Crippen molar-refractivity contribution in [3.63, 3.8) is 0 Å². The Labute approximate surface area is 193 Å². The summed E-state index contributed by atoms with van der Waals surface area (Å²) in [4.78, 5) is 13.2. The van der Waals surface area contributed by atoms with Crippen molar-refractivity contribution >= 4 is 27.5 Å². The van der Waals surface area contributed by atoms with Gasteiger partial charge in [0.25, 0.3) is 0 Å². The maximum absolute atomic E-state index is 5.62. The lowest BCUT2D eigenvalue weighted by molar-refractivity contribution is 0.0106. The van der Waals surface area contributed by atoms with E-state index in [2.05, 4.69) is 58.5 Å². The Hall–Kier alpha value is -2.68. The third-order valence-electron chi connectivity index (χ3n) is 6.40. The van der Waals surface area contributed by atoms with Gasteiger partial charge in [-0.2, -0.15) is 0 Å². The maximum atomic E-state index is 5.62. The molecular weight excluding hydrogens is 420 g/mol. The molecule has 1 N–H and O–H groups in total. The highest BCUT2D eigenvalue weighted by atomic mass is 32.1. The summed E-state index contributed by atoms with van der Waals surface area (Å²) < 4.78 is 6.70. The van der Waals surface area contributed by atoms with Crippen LogP contribution < -0.4 is 10.1 Å². The molecule has 7 nitrogen and oxygen atoms in total. The number of fused-ring (bicyclic) bond motifs is 1. The highest BCUT2D eigenvalue weighted by molar-refractivity contribution is 7.19. The minimum absolute atomic E-state index is 0.551. The van der Waals surface area contributed by atoms with Crippen molar-refractivity contribution in [1.29, 1.82) is 0 Å². The van der Waals surface area contributed by atoms with E-state index < -0.39 is 0 Å². The lowest BCUT2D eigenvalue weighted by atomic mass is 10.0. The fourth-order valence-electron chi connectivity index (χ4n) is 4.72. The number of piperidine rings is 1. The zero-order valence-electron chi connectivity index (χ0n) is 19.1. The second-order valence-corrected chi connectivity index (χ2v) is 9.91. The van der Waals surface area contributed by atoms with E-state index in [1.54, 1.807) is 18.4 Å². The Morgan fingerprint density at radius 1 is 1.16 bits per heavy atom. The largest absolute Gasteiger partial charge is 0.496 e. The number of benzene rings is 1. The van der Waals surface area contributed by atoms with Gasteiger partial charge in [-0.15, -0.1) is 11.3 Å². The number of anilines is 1. The molecule has 0 atom stereocenters. The van der Waals surface area contributed by atoms with Crippen LogP contribution >= 0.6 is 11.3 Å². The van der Waals surface area contributed by atoms with Crippen molar-refractivity contribution in [1.82, 2.24) is 24.9 Å². The summed E-state index contributed by atoms with van der Waals surface area (Å²) in [5, 5.41) is 8.14. The first-order chi connectivity index (χ1) is 15.5. The number of likely N-dealkylation sites (tertiary alicyclic amines) is 1. The van der Waals surface area contributed by atoms with Crippen LogP contribution in [-0.2, 0) is 0 Å². The number of aromatic nitrogens is 2. The number of aryl methyl sites for hydroxylation is 1. The van der Waals surface area contributed by atoms with Gasteiger partial charge >= 0.3 is 0 Å². The number of likely N-dealkylation sites (N-methyl/N-ethyl adjacent to an activating group) is 1. The molecule has 2 aliphatic rings. The maximum Gasteiger partial charge on any atom is 0.227 e. The summed E-state index contributed by atoms with van der Waals surface area (Å²) in [6.07, 6.45) is 6.52. The lowest BCUT2D eigenvalue weighted by Crippen LogP contribution is -2.46. The standard InChI is InChI=1S/C24H30N6OS/c1-16-22(19-7-5-6-8-20(19)31-4)23-21(32-16)13-25-24(27-23)26-17-14-29(3)30(15-17)18-9-11-28(2)12-10-18/h5-8,13,15,18H,9-12,14H2,1-4H3,(H,25,26,27). The van der Waals surface area contributed by atoms with Crippen LogP contribution in [0.2, 0.25) is 0 Å². The van der Waals surface area contributed by atoms with Crippen LogP contribution in [0.4, 0.5) is 5.95 Å². The van der Waals surface area contributed by atoms with Crippen molar-refractivity contribution in [3.8, 4) is 16.9 Å². The molecule has 0 amide bonds. The van der Waals surface area contributed by atoms with Gasteiger partial charge in [0.05, 0.1) is 35.8 Å². The molecule has 5 rings (SSSR count). The van der Waals surface area contributed by atoms with Crippen molar-refractivity contribution in [2.24, 2.45) is 0 Å². The summed E-state index contributed by atoms with van der Waals surface area (Å²) >= 11 is 1.72. The van der Waals surface area contributed by atoms with Crippen molar-refractivity contribution in [2.75, 3.05) is 46.2 Å². The average molecular weight is 451 g/mol. The number of nitrogens with zero attached hydrogens (tertiary/aromatic N) is 5. The number of hydrogen-bond acceptors (Lipinski definition) is 8. The number of hydrogen-bond donors (Lipinski definition) is 1. The van der Waals surface area contributed by atoms with Crippen LogP contribution in [0.25, 0.3) is 21.3 Å². The monoisotopic (exact) mass is 450 g/mol. The van der Waals surface area contributed by atoms with Crippen LogP contribution in [0.15, 0.2) is 42.4 Å². The summed E-state index contributed by atoms with van der Waals surface area (Å²) in [6.45, 7) is 5.26. The average Bonchev–Trinajstić information content (AvgIpc) is 3.32. The van der Waals surface area contributed by atoms with E-state index in [-0.39, 0.29) is 0 Å². The molecule has 4 heterocycles. The molecule has 0 aliphatic carbocycles. The zero-order valence-corrected chi connectivity index (χ0v) is 19.9. The van der Waals surface area contributed by atoms with Gasteiger partial charge in [-0.25, -0.2) is 15.0 Å². The van der Waals surface area contributed by atoms with E-state index in [4.69, 9.17) is 9.72 Å². The number of methoxy groups -OCH3 is 1. The van der Waals surface area contributed by atoms with Crippen LogP contribution in [0.3, 0.4) is 0 Å². The minimum atomic E-state index is 0.551. The van der Waals surface area contributed by atoms with Crippen LogP contribution in [0, 0.1) is 6.92 Å². The second-order valence-electron chi connectivity index (χ2n) is 8.65. The molecule has 1 saturated heterocycles. The van der Waals surface area contributed by atoms with Gasteiger partial charge in [0.1, 0.15) is 5.75 Å². The first-order valence-corrected chi connectivity index (χ1v) is 11.9. The lowest BCUT2D eigenvalue weighted by Gasteiger charge is -2.38. The molecule has 3 aromatic rings. The molecule has 2 aromatic heterocycles. The normalized spacial score (nSPS) is 18.4. The van der Waals surface area contributed by atoms with Crippen LogP contribution in [0.1, 0.15) is 17.7 Å². The van der Waals surface area contributed by atoms with Crippen molar-refractivity contribution in [2.45, 2.75) is 25.8 Å². The van der Waals surface area contributed by atoms with Crippen molar-refractivity contribution in [3.05, 3.63) is 47.2 Å². The van der Waals surface area contributed by atoms with E-state index in [9.17, 15) is 0 Å². The van der Waals surface area contributed by atoms with E-state index >= 15 is 0 Å². The Balaban J connectivity index is 1.43. The Bertz CT molecular complexity index is 1150. The van der Waals surface area contributed by atoms with E-state index in [0.717, 1.165) is 52.4 Å². The van der Waals surface area contributed by atoms with Gasteiger partial charge in [-0.1, -0.05) is 18.2 Å². The Morgan fingerprint density at radius 3 is 2.72 bits per heavy atom. The van der Waals surface area contributed by atoms with Crippen LogP contribution in [0.5, 0.6) is 5.75 Å². The van der Waals surface area contributed by atoms with Gasteiger partial charge in [0.2, 0.25) is 5.95 Å². The molecular formula is C24H30N6OS. The van der Waals surface area contributed by atoms with Crippen LogP contribution in [-0.4, -0.2) is 71.8 Å². The number of nitrogens with one attached hydrogen (secondary N) is 1. The zero-order chi connectivity index (χ0) is 22.2. The third-order valence-corrected chi connectivity index (χ3v) is 7.43. The number of ether oxygens (including phenoxy) is 1. The minimum Gasteiger partial charge on any atom is -0.496 e. The van der Waals surface area contributed by atoms with Gasteiger partial charge in [0.15, 0.2) is 0 Å². The predicted molar refractivity (Wildman–Crippen MR) is 131 cm³/mol. The molecule has 0 unspecified atom stereocenters. The van der Waals surface area contributed by atoms with E-state index in [1.807, 2.05) is 24.4 Å². The molecule has 168 valence electrons. The topological polar surface area (TPSA) is 56.8 Å². The highest BCUT2D eigenvalue weighted by Crippen LogP contribution is 2.41. The smallest absolute Gasteiger partial charge is 0.227 e. The molecule has 1 aromatic carbocycles. The summed E-state index contributed by atoms with van der Waals surface area (Å²) in [6, 6.07) is 8.67. The molecule has 1 fully saturated rings. The SMILES string of the molecule is COc1ccccc1-c1c(C)sc2cnc(NC3=CN(C4CCN(C)CC4)N(C)C3)nc12. The van der Waals surface area contributed by atoms with Gasteiger partial charge in [-0.05, 0) is 46.0 Å². The Morgan fingerprint density at radius 2 is 1.94 bits per heavy atom. The summed E-state index contributed by atoms with van der Waals surface area (Å²) in [5.41, 5.74) is 4.28. The first-order valence-electron chi connectivity index (χ1n) is 11.1. The third kappa shape index (κ3) is 3.94. The molecule has 2 aliphatic heterocycles. The van der Waals surface area contributed by atoms with Gasteiger partial charge in [0, 0.05) is 35.3 Å². The number of rotatable bonds is 5. The van der Waals surface area contributed by atoms with Crippen molar-refractivity contribution < 1.29 is 4.74 Å². The van der Waals surface area contributed by atoms with Gasteiger partial charge < -0.3 is 20.0 Å². The van der Waals surface area contributed by atoms with Gasteiger partial charge in [-0.3, -0.25) is 0 Å². The fourth-order valence-corrected chi connectivity index (χ4v) is 5.71. The number of para-hydroxylation sites is 1. The Kier molecular flexibility index (Phi) is 5.75. The number of thiophene rings is 1. The first kappa shape index (κ1) is 21.2. The fraction of sp³-hybridized carbons (Fsp3) is 0.417. The second kappa shape index (κ2) is 8.69. The summed E-state index contributed by atoms with van der Waals surface area (Å²) in [5.74, 6) is 1.49.